The van der Waals surface area contributed by atoms with Crippen molar-refractivity contribution in [3.8, 4) is 0 Å². The number of aromatic nitrogens is 1. The third-order valence-electron chi connectivity index (χ3n) is 3.93. The number of fused-ring (bicyclic) bond motifs is 1. The first-order valence-electron chi connectivity index (χ1n) is 6.71. The molecule has 0 atom stereocenters. The van der Waals surface area contributed by atoms with Crippen molar-refractivity contribution in [1.29, 1.82) is 0 Å². The van der Waals surface area contributed by atoms with Crippen molar-refractivity contribution in [2.24, 2.45) is 0 Å². The van der Waals surface area contributed by atoms with Crippen LogP contribution in [0.4, 0.5) is 0 Å². The highest BCUT2D eigenvalue weighted by Crippen LogP contribution is 2.20. The number of likely N-dealkylation sites (N-methyl/N-ethyl adjacent to an activating group) is 1. The van der Waals surface area contributed by atoms with Crippen LogP contribution in [0.25, 0.3) is 10.9 Å². The van der Waals surface area contributed by atoms with E-state index in [2.05, 4.69) is 23.9 Å². The number of rotatable bonds is 1. The standard InChI is InChI=1S/C15H19N3O/c1-11-10-16-14-4-3-12(9-13(11)14)15(19)18-7-5-17(2)6-8-18/h3-4,9-10,16H,5-8H2,1-2H3. The summed E-state index contributed by atoms with van der Waals surface area (Å²) in [7, 11) is 2.09. The van der Waals surface area contributed by atoms with Crippen molar-refractivity contribution < 1.29 is 4.79 Å². The fourth-order valence-electron chi connectivity index (χ4n) is 2.59. The summed E-state index contributed by atoms with van der Waals surface area (Å²) in [6.07, 6.45) is 1.98. The minimum absolute atomic E-state index is 0.149. The van der Waals surface area contributed by atoms with E-state index in [-0.39, 0.29) is 5.91 Å². The van der Waals surface area contributed by atoms with E-state index in [1.807, 2.05) is 29.3 Å². The Labute approximate surface area is 113 Å². The third-order valence-corrected chi connectivity index (χ3v) is 3.93. The van der Waals surface area contributed by atoms with E-state index in [4.69, 9.17) is 0 Å². The lowest BCUT2D eigenvalue weighted by Crippen LogP contribution is -2.47. The first-order valence-corrected chi connectivity index (χ1v) is 6.71. The van der Waals surface area contributed by atoms with Crippen molar-refractivity contribution in [1.82, 2.24) is 14.8 Å². The predicted octanol–water partition coefficient (Wildman–Crippen LogP) is 1.86. The van der Waals surface area contributed by atoms with E-state index in [0.717, 1.165) is 42.6 Å². The van der Waals surface area contributed by atoms with Crippen molar-refractivity contribution in [3.63, 3.8) is 0 Å². The number of aryl methyl sites for hydroxylation is 1. The molecule has 4 nitrogen and oxygen atoms in total. The summed E-state index contributed by atoms with van der Waals surface area (Å²) in [4.78, 5) is 19.9. The molecule has 2 aromatic rings. The van der Waals surface area contributed by atoms with Gasteiger partial charge in [0.05, 0.1) is 0 Å². The zero-order valence-electron chi connectivity index (χ0n) is 11.4. The molecule has 0 saturated carbocycles. The number of hydrogen-bond donors (Lipinski definition) is 1. The number of amides is 1. The molecule has 1 fully saturated rings. The SMILES string of the molecule is Cc1c[nH]c2ccc(C(=O)N3CCN(C)CC3)cc12. The molecule has 1 saturated heterocycles. The molecule has 0 radical (unpaired) electrons. The molecule has 0 bridgehead atoms. The molecule has 0 unspecified atom stereocenters. The first kappa shape index (κ1) is 12.2. The summed E-state index contributed by atoms with van der Waals surface area (Å²) >= 11 is 0. The maximum absolute atomic E-state index is 12.5. The second-order valence-corrected chi connectivity index (χ2v) is 5.33. The number of carbonyl (C=O) groups is 1. The predicted molar refractivity (Wildman–Crippen MR) is 76.4 cm³/mol. The maximum atomic E-state index is 12.5. The van der Waals surface area contributed by atoms with Gasteiger partial charge in [0.15, 0.2) is 0 Å². The van der Waals surface area contributed by atoms with Crippen LogP contribution in [0.15, 0.2) is 24.4 Å². The van der Waals surface area contributed by atoms with Crippen LogP contribution < -0.4 is 0 Å². The second-order valence-electron chi connectivity index (χ2n) is 5.33. The molecule has 1 aliphatic rings. The summed E-state index contributed by atoms with van der Waals surface area (Å²) in [5.74, 6) is 0.149. The van der Waals surface area contributed by atoms with Gasteiger partial charge in [-0.15, -0.1) is 0 Å². The monoisotopic (exact) mass is 257 g/mol. The lowest BCUT2D eigenvalue weighted by molar-refractivity contribution is 0.0664. The Balaban J connectivity index is 1.87. The van der Waals surface area contributed by atoms with E-state index in [1.165, 1.54) is 5.56 Å². The molecule has 19 heavy (non-hydrogen) atoms. The Hall–Kier alpha value is -1.81. The molecule has 1 aromatic carbocycles. The number of nitrogens with zero attached hydrogens (tertiary/aromatic N) is 2. The zero-order valence-corrected chi connectivity index (χ0v) is 11.4. The molecule has 4 heteroatoms. The molecule has 0 aliphatic carbocycles. The zero-order chi connectivity index (χ0) is 13.4. The minimum Gasteiger partial charge on any atom is -0.361 e. The van der Waals surface area contributed by atoms with Gasteiger partial charge in [0.25, 0.3) is 5.91 Å². The number of benzene rings is 1. The quantitative estimate of drug-likeness (QED) is 0.847. The van der Waals surface area contributed by atoms with Gasteiger partial charge >= 0.3 is 0 Å². The average Bonchev–Trinajstić information content (AvgIpc) is 2.80. The summed E-state index contributed by atoms with van der Waals surface area (Å²) in [6.45, 7) is 5.61. The maximum Gasteiger partial charge on any atom is 0.253 e. The molecule has 1 amide bonds. The van der Waals surface area contributed by atoms with Gasteiger partial charge in [-0.3, -0.25) is 4.79 Å². The van der Waals surface area contributed by atoms with E-state index < -0.39 is 0 Å². The van der Waals surface area contributed by atoms with E-state index >= 15 is 0 Å². The number of aromatic amines is 1. The highest BCUT2D eigenvalue weighted by atomic mass is 16.2. The first-order chi connectivity index (χ1) is 9.15. The van der Waals surface area contributed by atoms with Gasteiger partial charge < -0.3 is 14.8 Å². The fraction of sp³-hybridized carbons (Fsp3) is 0.400. The van der Waals surface area contributed by atoms with E-state index in [9.17, 15) is 4.79 Å². The summed E-state index contributed by atoms with van der Waals surface area (Å²) in [5, 5.41) is 1.14. The van der Waals surface area contributed by atoms with Gasteiger partial charge in [-0.1, -0.05) is 0 Å². The van der Waals surface area contributed by atoms with Crippen LogP contribution >= 0.6 is 0 Å². The summed E-state index contributed by atoms with van der Waals surface area (Å²) in [5.41, 5.74) is 3.07. The van der Waals surface area contributed by atoms with E-state index in [0.29, 0.717) is 0 Å². The number of carbonyl (C=O) groups excluding carboxylic acids is 1. The molecule has 1 N–H and O–H groups in total. The van der Waals surface area contributed by atoms with Crippen molar-refractivity contribution in [2.75, 3.05) is 33.2 Å². The molecular weight excluding hydrogens is 238 g/mol. The number of H-pyrrole nitrogens is 1. The molecule has 100 valence electrons. The summed E-state index contributed by atoms with van der Waals surface area (Å²) < 4.78 is 0. The van der Waals surface area contributed by atoms with Gasteiger partial charge in [-0.2, -0.15) is 0 Å². The van der Waals surface area contributed by atoms with Crippen LogP contribution in [0.3, 0.4) is 0 Å². The largest absolute Gasteiger partial charge is 0.361 e. The molecular formula is C15H19N3O. The van der Waals surface area contributed by atoms with Crippen LogP contribution in [0.2, 0.25) is 0 Å². The van der Waals surface area contributed by atoms with Crippen molar-refractivity contribution >= 4 is 16.8 Å². The molecule has 1 aliphatic heterocycles. The third kappa shape index (κ3) is 2.24. The van der Waals surface area contributed by atoms with Crippen LogP contribution in [0.1, 0.15) is 15.9 Å². The lowest BCUT2D eigenvalue weighted by atomic mass is 10.1. The Kier molecular flexibility index (Phi) is 3.03. The van der Waals surface area contributed by atoms with Crippen LogP contribution in [0.5, 0.6) is 0 Å². The number of nitrogens with one attached hydrogen (secondary N) is 1. The van der Waals surface area contributed by atoms with Crippen molar-refractivity contribution in [3.05, 3.63) is 35.5 Å². The van der Waals surface area contributed by atoms with Crippen LogP contribution in [-0.2, 0) is 0 Å². The van der Waals surface area contributed by atoms with Gasteiger partial charge in [0, 0.05) is 48.8 Å². The highest BCUT2D eigenvalue weighted by molar-refractivity contribution is 5.98. The Bertz CT molecular complexity index is 609. The van der Waals surface area contributed by atoms with Gasteiger partial charge in [0.1, 0.15) is 0 Å². The highest BCUT2D eigenvalue weighted by Gasteiger charge is 2.20. The minimum atomic E-state index is 0.149. The normalized spacial score (nSPS) is 17.1. The lowest BCUT2D eigenvalue weighted by Gasteiger charge is -2.32. The van der Waals surface area contributed by atoms with Crippen molar-refractivity contribution in [2.45, 2.75) is 6.92 Å². The Morgan fingerprint density at radius 2 is 1.95 bits per heavy atom. The summed E-state index contributed by atoms with van der Waals surface area (Å²) in [6, 6.07) is 5.91. The second kappa shape index (κ2) is 4.70. The number of piperazine rings is 1. The smallest absolute Gasteiger partial charge is 0.253 e. The molecule has 1 aromatic heterocycles. The molecule has 0 spiro atoms. The Morgan fingerprint density at radius 3 is 2.68 bits per heavy atom. The van der Waals surface area contributed by atoms with Crippen LogP contribution in [-0.4, -0.2) is 53.9 Å². The fourth-order valence-corrected chi connectivity index (χ4v) is 2.59. The Morgan fingerprint density at radius 1 is 1.21 bits per heavy atom. The number of hydrogen-bond acceptors (Lipinski definition) is 2. The van der Waals surface area contributed by atoms with Crippen LogP contribution in [0, 0.1) is 6.92 Å². The molecule has 3 rings (SSSR count). The van der Waals surface area contributed by atoms with E-state index in [1.54, 1.807) is 0 Å². The average molecular weight is 257 g/mol. The van der Waals surface area contributed by atoms with Gasteiger partial charge in [0.2, 0.25) is 0 Å². The van der Waals surface area contributed by atoms with Gasteiger partial charge in [-0.05, 0) is 37.7 Å². The topological polar surface area (TPSA) is 39.3 Å². The molecule has 2 heterocycles. The van der Waals surface area contributed by atoms with Gasteiger partial charge in [-0.25, -0.2) is 0 Å².